The summed E-state index contributed by atoms with van der Waals surface area (Å²) in [6.07, 6.45) is 7.99. The first-order chi connectivity index (χ1) is 7.84. The minimum atomic E-state index is 0.127. The van der Waals surface area contributed by atoms with Gasteiger partial charge >= 0.3 is 0 Å². The molecule has 1 saturated carbocycles. The van der Waals surface area contributed by atoms with Gasteiger partial charge in [0.1, 0.15) is 0 Å². The second-order valence-electron chi connectivity index (χ2n) is 4.79. The number of rotatable bonds is 2. The Morgan fingerprint density at radius 1 is 1.19 bits per heavy atom. The molecule has 1 atom stereocenters. The zero-order valence-corrected chi connectivity index (χ0v) is 9.39. The molecule has 2 aliphatic rings. The smallest absolute Gasteiger partial charge is 0.250 e. The van der Waals surface area contributed by atoms with E-state index in [1.54, 1.807) is 6.07 Å². The van der Waals surface area contributed by atoms with Crippen LogP contribution in [0.3, 0.4) is 0 Å². The standard InChI is InChI=1S/C13H17NO2/c15-13-7-4-10(9-14(13)11-5-6-11)12-3-1-2-8-16-12/h4,7,9,11-12H,1-3,5-6,8H2/t12-/m0/s1. The van der Waals surface area contributed by atoms with Crippen LogP contribution in [0.15, 0.2) is 23.1 Å². The van der Waals surface area contributed by atoms with Gasteiger partial charge in [0, 0.05) is 24.9 Å². The lowest BCUT2D eigenvalue weighted by Gasteiger charge is -2.23. The van der Waals surface area contributed by atoms with Crippen molar-refractivity contribution >= 4 is 0 Å². The molecule has 16 heavy (non-hydrogen) atoms. The van der Waals surface area contributed by atoms with E-state index in [1.165, 1.54) is 18.4 Å². The SMILES string of the molecule is O=c1ccc([C@@H]2CCCCO2)cn1C1CC1. The highest BCUT2D eigenvalue weighted by molar-refractivity contribution is 5.15. The number of hydrogen-bond acceptors (Lipinski definition) is 2. The monoisotopic (exact) mass is 219 g/mol. The van der Waals surface area contributed by atoms with E-state index >= 15 is 0 Å². The van der Waals surface area contributed by atoms with Gasteiger partial charge in [0.25, 0.3) is 5.56 Å². The zero-order chi connectivity index (χ0) is 11.0. The van der Waals surface area contributed by atoms with E-state index in [-0.39, 0.29) is 11.7 Å². The fraction of sp³-hybridized carbons (Fsp3) is 0.615. The van der Waals surface area contributed by atoms with Crippen LogP contribution in [0.2, 0.25) is 0 Å². The summed E-state index contributed by atoms with van der Waals surface area (Å²) in [6, 6.07) is 4.07. The van der Waals surface area contributed by atoms with E-state index < -0.39 is 0 Å². The van der Waals surface area contributed by atoms with Crippen molar-refractivity contribution in [2.75, 3.05) is 6.61 Å². The lowest BCUT2D eigenvalue weighted by atomic mass is 10.0. The van der Waals surface area contributed by atoms with Gasteiger partial charge in [0.2, 0.25) is 0 Å². The van der Waals surface area contributed by atoms with Crippen LogP contribution in [0.1, 0.15) is 49.8 Å². The minimum Gasteiger partial charge on any atom is -0.373 e. The summed E-state index contributed by atoms with van der Waals surface area (Å²) in [4.78, 5) is 11.7. The van der Waals surface area contributed by atoms with Crippen molar-refractivity contribution in [2.24, 2.45) is 0 Å². The first-order valence-electron chi connectivity index (χ1n) is 6.18. The average molecular weight is 219 g/mol. The normalized spacial score (nSPS) is 25.6. The lowest BCUT2D eigenvalue weighted by molar-refractivity contribution is 0.0145. The fourth-order valence-electron chi connectivity index (χ4n) is 2.35. The molecule has 0 aromatic carbocycles. The van der Waals surface area contributed by atoms with Gasteiger partial charge < -0.3 is 9.30 Å². The molecule has 0 N–H and O–H groups in total. The van der Waals surface area contributed by atoms with Crippen molar-refractivity contribution in [1.82, 2.24) is 4.57 Å². The topological polar surface area (TPSA) is 31.2 Å². The highest BCUT2D eigenvalue weighted by Gasteiger charge is 2.25. The molecule has 2 heterocycles. The van der Waals surface area contributed by atoms with Crippen molar-refractivity contribution in [1.29, 1.82) is 0 Å². The maximum atomic E-state index is 11.7. The quantitative estimate of drug-likeness (QED) is 0.765. The molecular formula is C13H17NO2. The molecule has 1 saturated heterocycles. The summed E-state index contributed by atoms with van der Waals surface area (Å²) in [6.45, 7) is 0.854. The van der Waals surface area contributed by atoms with Crippen LogP contribution in [0.4, 0.5) is 0 Å². The van der Waals surface area contributed by atoms with Crippen molar-refractivity contribution < 1.29 is 4.74 Å². The molecule has 0 amide bonds. The third kappa shape index (κ3) is 1.92. The Bertz CT molecular complexity index is 428. The zero-order valence-electron chi connectivity index (χ0n) is 9.39. The van der Waals surface area contributed by atoms with Crippen LogP contribution >= 0.6 is 0 Å². The number of hydrogen-bond donors (Lipinski definition) is 0. The molecule has 1 aromatic heterocycles. The van der Waals surface area contributed by atoms with Crippen molar-refractivity contribution in [3.63, 3.8) is 0 Å². The number of nitrogens with zero attached hydrogens (tertiary/aromatic N) is 1. The van der Waals surface area contributed by atoms with Crippen LogP contribution in [0.25, 0.3) is 0 Å². The first-order valence-corrected chi connectivity index (χ1v) is 6.18. The maximum Gasteiger partial charge on any atom is 0.250 e. The summed E-state index contributed by atoms with van der Waals surface area (Å²) in [5.74, 6) is 0. The molecule has 1 aliphatic carbocycles. The van der Waals surface area contributed by atoms with Gasteiger partial charge in [-0.15, -0.1) is 0 Å². The third-order valence-electron chi connectivity index (χ3n) is 3.45. The first kappa shape index (κ1) is 10.1. The molecule has 0 radical (unpaired) electrons. The van der Waals surface area contributed by atoms with E-state index in [2.05, 4.69) is 0 Å². The Kier molecular flexibility index (Phi) is 2.56. The maximum absolute atomic E-state index is 11.7. The highest BCUT2D eigenvalue weighted by Crippen LogP contribution is 2.34. The van der Waals surface area contributed by atoms with Crippen LogP contribution in [0, 0.1) is 0 Å². The molecule has 2 fully saturated rings. The van der Waals surface area contributed by atoms with Gasteiger partial charge in [-0.1, -0.05) is 0 Å². The third-order valence-corrected chi connectivity index (χ3v) is 3.45. The Balaban J connectivity index is 1.88. The van der Waals surface area contributed by atoms with Crippen LogP contribution in [-0.2, 0) is 4.74 Å². The highest BCUT2D eigenvalue weighted by atomic mass is 16.5. The summed E-state index contributed by atoms with van der Waals surface area (Å²) in [7, 11) is 0. The predicted octanol–water partition coefficient (Wildman–Crippen LogP) is 2.42. The number of ether oxygens (including phenoxy) is 1. The van der Waals surface area contributed by atoms with Gasteiger partial charge in [-0.2, -0.15) is 0 Å². The molecule has 1 aliphatic heterocycles. The molecule has 0 spiro atoms. The Morgan fingerprint density at radius 2 is 2.06 bits per heavy atom. The van der Waals surface area contributed by atoms with E-state index in [4.69, 9.17) is 4.74 Å². The second kappa shape index (κ2) is 4.06. The van der Waals surface area contributed by atoms with Gasteiger partial charge in [0.05, 0.1) is 6.10 Å². The average Bonchev–Trinajstić information content (AvgIpc) is 3.15. The lowest BCUT2D eigenvalue weighted by Crippen LogP contribution is -2.20. The molecular weight excluding hydrogens is 202 g/mol. The van der Waals surface area contributed by atoms with Gasteiger partial charge in [0.15, 0.2) is 0 Å². The molecule has 0 unspecified atom stereocenters. The summed E-state index contributed by atoms with van der Waals surface area (Å²) in [5, 5.41) is 0. The molecule has 86 valence electrons. The largest absolute Gasteiger partial charge is 0.373 e. The van der Waals surface area contributed by atoms with Crippen molar-refractivity contribution in [3.05, 3.63) is 34.2 Å². The molecule has 3 rings (SSSR count). The van der Waals surface area contributed by atoms with Crippen molar-refractivity contribution in [2.45, 2.75) is 44.2 Å². The molecule has 3 nitrogen and oxygen atoms in total. The Morgan fingerprint density at radius 3 is 2.75 bits per heavy atom. The van der Waals surface area contributed by atoms with E-state index in [1.807, 2.05) is 16.8 Å². The van der Waals surface area contributed by atoms with E-state index in [9.17, 15) is 4.79 Å². The van der Waals surface area contributed by atoms with Crippen LogP contribution < -0.4 is 5.56 Å². The fourth-order valence-corrected chi connectivity index (χ4v) is 2.35. The Hall–Kier alpha value is -1.09. The van der Waals surface area contributed by atoms with Crippen LogP contribution in [-0.4, -0.2) is 11.2 Å². The molecule has 0 bridgehead atoms. The van der Waals surface area contributed by atoms with E-state index in [0.29, 0.717) is 6.04 Å². The minimum absolute atomic E-state index is 0.127. The van der Waals surface area contributed by atoms with Crippen molar-refractivity contribution in [3.8, 4) is 0 Å². The number of pyridine rings is 1. The van der Waals surface area contributed by atoms with E-state index in [0.717, 1.165) is 25.9 Å². The summed E-state index contributed by atoms with van der Waals surface area (Å²) in [5.41, 5.74) is 1.30. The summed E-state index contributed by atoms with van der Waals surface area (Å²) < 4.78 is 7.63. The molecule has 1 aromatic rings. The van der Waals surface area contributed by atoms with Crippen LogP contribution in [0.5, 0.6) is 0 Å². The second-order valence-corrected chi connectivity index (χ2v) is 4.79. The van der Waals surface area contributed by atoms with Gasteiger partial charge in [-0.05, 0) is 43.7 Å². The van der Waals surface area contributed by atoms with Gasteiger partial charge in [-0.25, -0.2) is 0 Å². The molecule has 3 heteroatoms. The summed E-state index contributed by atoms with van der Waals surface area (Å²) >= 11 is 0. The van der Waals surface area contributed by atoms with Gasteiger partial charge in [-0.3, -0.25) is 4.79 Å². The number of aromatic nitrogens is 1. The Labute approximate surface area is 95.0 Å². The predicted molar refractivity (Wildman–Crippen MR) is 61.5 cm³/mol.